The first-order valence-corrected chi connectivity index (χ1v) is 12.2. The number of carbonyl (C=O) groups is 2. The fourth-order valence-corrected chi connectivity index (χ4v) is 4.22. The molecule has 0 unspecified atom stereocenters. The van der Waals surface area contributed by atoms with E-state index in [-0.39, 0.29) is 11.6 Å². The van der Waals surface area contributed by atoms with Crippen molar-refractivity contribution in [2.45, 2.75) is 25.7 Å². The number of hydrogen-bond donors (Lipinski definition) is 2. The first-order valence-electron chi connectivity index (χ1n) is 12.2. The van der Waals surface area contributed by atoms with Crippen LogP contribution >= 0.6 is 0 Å². The lowest BCUT2D eigenvalue weighted by atomic mass is 10.0. The highest BCUT2D eigenvalue weighted by Crippen LogP contribution is 2.26. The highest BCUT2D eigenvalue weighted by Gasteiger charge is 2.12. The van der Waals surface area contributed by atoms with Gasteiger partial charge in [0.2, 0.25) is 5.91 Å². The SMILES string of the molecule is O=C(CCCCCOc1ccc(-c2cc(C(=O)O)no2)cc1)Nc1ccc2cc3ccccc3cc2c1. The molecule has 37 heavy (non-hydrogen) atoms. The number of aromatic nitrogens is 1. The third-order valence-electron chi connectivity index (χ3n) is 6.17. The number of hydrogen-bond acceptors (Lipinski definition) is 5. The van der Waals surface area contributed by atoms with Crippen molar-refractivity contribution in [2.24, 2.45) is 0 Å². The summed E-state index contributed by atoms with van der Waals surface area (Å²) >= 11 is 0. The second-order valence-corrected chi connectivity index (χ2v) is 8.87. The van der Waals surface area contributed by atoms with Crippen molar-refractivity contribution in [1.29, 1.82) is 0 Å². The van der Waals surface area contributed by atoms with Crippen LogP contribution in [-0.2, 0) is 4.79 Å². The third-order valence-corrected chi connectivity index (χ3v) is 6.17. The van der Waals surface area contributed by atoms with Crippen molar-refractivity contribution in [2.75, 3.05) is 11.9 Å². The average Bonchev–Trinajstić information content (AvgIpc) is 3.41. The van der Waals surface area contributed by atoms with Crippen LogP contribution in [0.1, 0.15) is 36.2 Å². The van der Waals surface area contributed by atoms with E-state index in [4.69, 9.17) is 14.4 Å². The van der Waals surface area contributed by atoms with Gasteiger partial charge in [0.15, 0.2) is 11.5 Å². The van der Waals surface area contributed by atoms with Crippen LogP contribution in [-0.4, -0.2) is 28.7 Å². The van der Waals surface area contributed by atoms with Crippen LogP contribution in [0.2, 0.25) is 0 Å². The van der Waals surface area contributed by atoms with Crippen LogP contribution in [0.5, 0.6) is 5.75 Å². The molecule has 186 valence electrons. The minimum absolute atomic E-state index is 0.00937. The molecule has 0 atom stereocenters. The number of carboxylic acids is 1. The molecule has 0 aliphatic heterocycles. The van der Waals surface area contributed by atoms with Crippen LogP contribution in [0, 0.1) is 0 Å². The van der Waals surface area contributed by atoms with Gasteiger partial charge in [-0.2, -0.15) is 0 Å². The summed E-state index contributed by atoms with van der Waals surface area (Å²) in [4.78, 5) is 23.3. The number of carbonyl (C=O) groups excluding carboxylic acids is 1. The zero-order valence-electron chi connectivity index (χ0n) is 20.1. The largest absolute Gasteiger partial charge is 0.494 e. The molecule has 1 heterocycles. The molecule has 4 aromatic carbocycles. The number of ether oxygens (including phenoxy) is 1. The first-order chi connectivity index (χ1) is 18.0. The van der Waals surface area contributed by atoms with E-state index in [0.717, 1.165) is 41.3 Å². The predicted octanol–water partition coefficient (Wildman–Crippen LogP) is 6.92. The van der Waals surface area contributed by atoms with Crippen LogP contribution < -0.4 is 10.1 Å². The molecule has 0 aliphatic carbocycles. The number of nitrogens with one attached hydrogen (secondary N) is 1. The van der Waals surface area contributed by atoms with E-state index in [0.29, 0.717) is 24.5 Å². The fraction of sp³-hybridized carbons (Fsp3) is 0.167. The molecule has 0 aliphatic rings. The second-order valence-electron chi connectivity index (χ2n) is 8.87. The maximum Gasteiger partial charge on any atom is 0.358 e. The number of benzene rings is 4. The van der Waals surface area contributed by atoms with Crippen LogP contribution in [0.3, 0.4) is 0 Å². The van der Waals surface area contributed by atoms with Gasteiger partial charge in [-0.3, -0.25) is 4.79 Å². The molecule has 2 N–H and O–H groups in total. The summed E-state index contributed by atoms with van der Waals surface area (Å²) in [6.45, 7) is 0.547. The Hall–Kier alpha value is -4.65. The lowest BCUT2D eigenvalue weighted by Crippen LogP contribution is -2.11. The first kappa shape index (κ1) is 24.1. The van der Waals surface area contributed by atoms with E-state index in [2.05, 4.69) is 34.7 Å². The minimum atomic E-state index is -1.13. The van der Waals surface area contributed by atoms with Crippen molar-refractivity contribution in [1.82, 2.24) is 5.16 Å². The van der Waals surface area contributed by atoms with Crippen molar-refractivity contribution < 1.29 is 24.0 Å². The van der Waals surface area contributed by atoms with Crippen molar-refractivity contribution in [3.8, 4) is 17.1 Å². The van der Waals surface area contributed by atoms with Gasteiger partial charge in [-0.1, -0.05) is 35.5 Å². The number of unbranched alkanes of at least 4 members (excludes halogenated alkanes) is 2. The summed E-state index contributed by atoms with van der Waals surface area (Å²) in [6, 6.07) is 27.2. The fourth-order valence-electron chi connectivity index (χ4n) is 4.22. The van der Waals surface area contributed by atoms with Gasteiger partial charge in [0.25, 0.3) is 0 Å². The third kappa shape index (κ3) is 5.95. The van der Waals surface area contributed by atoms with E-state index in [1.54, 1.807) is 24.3 Å². The molecule has 0 saturated carbocycles. The molecule has 1 aromatic heterocycles. The molecule has 5 aromatic rings. The van der Waals surface area contributed by atoms with E-state index in [1.807, 2.05) is 30.3 Å². The number of rotatable bonds is 10. The summed E-state index contributed by atoms with van der Waals surface area (Å²) in [5, 5.41) is 20.1. The van der Waals surface area contributed by atoms with Gasteiger partial charge in [-0.25, -0.2) is 4.79 Å². The standard InChI is InChI=1S/C30H26N2O5/c33-29(31-25-12-9-23-16-21-6-3-4-7-22(21)17-24(23)18-25)8-2-1-5-15-36-26-13-10-20(11-14-26)28-19-27(30(34)35)32-37-28/h3-4,6-7,9-14,16-19H,1-2,5,8,15H2,(H,31,33)(H,34,35). The zero-order chi connectivity index (χ0) is 25.6. The predicted molar refractivity (Wildman–Crippen MR) is 143 cm³/mol. The van der Waals surface area contributed by atoms with Crippen LogP contribution in [0.25, 0.3) is 32.9 Å². The molecule has 0 spiro atoms. The zero-order valence-corrected chi connectivity index (χ0v) is 20.1. The molecular formula is C30H26N2O5. The monoisotopic (exact) mass is 494 g/mol. The Morgan fingerprint density at radius 2 is 1.54 bits per heavy atom. The Morgan fingerprint density at radius 1 is 0.811 bits per heavy atom. The summed E-state index contributed by atoms with van der Waals surface area (Å²) < 4.78 is 10.8. The number of carboxylic acid groups (broad SMARTS) is 1. The smallest absolute Gasteiger partial charge is 0.358 e. The Bertz CT molecular complexity index is 1560. The molecule has 0 bridgehead atoms. The van der Waals surface area contributed by atoms with Crippen molar-refractivity contribution in [3.05, 3.63) is 90.6 Å². The molecule has 0 saturated heterocycles. The quantitative estimate of drug-likeness (QED) is 0.161. The number of fused-ring (bicyclic) bond motifs is 2. The van der Waals surface area contributed by atoms with Gasteiger partial charge in [-0.05, 0) is 89.3 Å². The van der Waals surface area contributed by atoms with E-state index in [1.165, 1.54) is 16.8 Å². The normalized spacial score (nSPS) is 11.0. The van der Waals surface area contributed by atoms with Gasteiger partial charge < -0.3 is 19.7 Å². The highest BCUT2D eigenvalue weighted by atomic mass is 16.5. The molecule has 1 amide bonds. The minimum Gasteiger partial charge on any atom is -0.494 e. The average molecular weight is 495 g/mol. The molecule has 5 rings (SSSR count). The highest BCUT2D eigenvalue weighted by molar-refractivity contribution is 6.01. The van der Waals surface area contributed by atoms with Gasteiger partial charge in [0.05, 0.1) is 6.61 Å². The van der Waals surface area contributed by atoms with Gasteiger partial charge in [0.1, 0.15) is 5.75 Å². The summed E-state index contributed by atoms with van der Waals surface area (Å²) in [7, 11) is 0. The molecule has 0 fully saturated rings. The molecule has 7 nitrogen and oxygen atoms in total. The Labute approximate surface area is 213 Å². The summed E-state index contributed by atoms with van der Waals surface area (Å²) in [5.41, 5.74) is 1.40. The van der Waals surface area contributed by atoms with Gasteiger partial charge in [0, 0.05) is 23.7 Å². The Kier molecular flexibility index (Phi) is 7.12. The molecular weight excluding hydrogens is 468 g/mol. The molecule has 7 heteroatoms. The lowest BCUT2D eigenvalue weighted by Gasteiger charge is -2.09. The number of amides is 1. The van der Waals surface area contributed by atoms with Gasteiger partial charge >= 0.3 is 5.97 Å². The second kappa shape index (κ2) is 11.0. The molecule has 0 radical (unpaired) electrons. The van der Waals surface area contributed by atoms with Gasteiger partial charge in [-0.15, -0.1) is 0 Å². The van der Waals surface area contributed by atoms with Crippen LogP contribution in [0.15, 0.2) is 89.5 Å². The summed E-state index contributed by atoms with van der Waals surface area (Å²) in [5.74, 6) is -0.0203. The van der Waals surface area contributed by atoms with Crippen molar-refractivity contribution in [3.63, 3.8) is 0 Å². The maximum absolute atomic E-state index is 12.4. The lowest BCUT2D eigenvalue weighted by molar-refractivity contribution is -0.116. The number of aromatic carboxylic acids is 1. The number of anilines is 1. The van der Waals surface area contributed by atoms with E-state index < -0.39 is 5.97 Å². The summed E-state index contributed by atoms with van der Waals surface area (Å²) in [6.07, 6.45) is 2.96. The Balaban J connectivity index is 1.03. The maximum atomic E-state index is 12.4. The Morgan fingerprint density at radius 3 is 2.27 bits per heavy atom. The topological polar surface area (TPSA) is 102 Å². The van der Waals surface area contributed by atoms with Crippen molar-refractivity contribution >= 4 is 39.1 Å². The number of nitrogens with zero attached hydrogens (tertiary/aromatic N) is 1. The van der Waals surface area contributed by atoms with E-state index >= 15 is 0 Å². The van der Waals surface area contributed by atoms with Crippen LogP contribution in [0.4, 0.5) is 5.69 Å². The van der Waals surface area contributed by atoms with E-state index in [9.17, 15) is 9.59 Å².